The Balaban J connectivity index is 1.61. The minimum Gasteiger partial charge on any atom is -0.360 e. The molecular formula is C19H25N3O2. The van der Waals surface area contributed by atoms with E-state index in [4.69, 9.17) is 4.52 Å². The molecule has 2 N–H and O–H groups in total. The van der Waals surface area contributed by atoms with Crippen molar-refractivity contribution in [1.29, 1.82) is 0 Å². The number of benzene rings is 1. The highest BCUT2D eigenvalue weighted by molar-refractivity contribution is 5.93. The number of amides is 1. The van der Waals surface area contributed by atoms with Crippen LogP contribution in [0.25, 0.3) is 0 Å². The van der Waals surface area contributed by atoms with Crippen LogP contribution in [-0.4, -0.2) is 23.7 Å². The highest BCUT2D eigenvalue weighted by Gasteiger charge is 2.35. The van der Waals surface area contributed by atoms with Crippen molar-refractivity contribution < 1.29 is 9.32 Å². The van der Waals surface area contributed by atoms with Crippen LogP contribution in [0.5, 0.6) is 0 Å². The van der Waals surface area contributed by atoms with Crippen molar-refractivity contribution in [3.8, 4) is 0 Å². The minimum absolute atomic E-state index is 0.0930. The van der Waals surface area contributed by atoms with Gasteiger partial charge in [0.15, 0.2) is 5.82 Å². The molecule has 3 rings (SSSR count). The molecule has 1 aliphatic carbocycles. The second-order valence-electron chi connectivity index (χ2n) is 6.77. The summed E-state index contributed by atoms with van der Waals surface area (Å²) in [7, 11) is 0. The molecule has 1 aromatic carbocycles. The average molecular weight is 327 g/mol. The fraction of sp³-hybridized carbons (Fsp3) is 0.474. The summed E-state index contributed by atoms with van der Waals surface area (Å²) < 4.78 is 4.98. The minimum atomic E-state index is -0.289. The van der Waals surface area contributed by atoms with Gasteiger partial charge in [0.1, 0.15) is 5.76 Å². The van der Waals surface area contributed by atoms with Gasteiger partial charge in [-0.1, -0.05) is 48.3 Å². The summed E-state index contributed by atoms with van der Waals surface area (Å²) in [6.07, 6.45) is 4.83. The van der Waals surface area contributed by atoms with Gasteiger partial charge >= 0.3 is 0 Å². The van der Waals surface area contributed by atoms with E-state index >= 15 is 0 Å². The predicted molar refractivity (Wildman–Crippen MR) is 93.9 cm³/mol. The molecule has 1 heterocycles. The van der Waals surface area contributed by atoms with Crippen LogP contribution in [0.4, 0.5) is 5.82 Å². The number of hydrogen-bond donors (Lipinski definition) is 2. The quantitative estimate of drug-likeness (QED) is 0.853. The van der Waals surface area contributed by atoms with Crippen LogP contribution < -0.4 is 10.6 Å². The second-order valence-corrected chi connectivity index (χ2v) is 6.77. The highest BCUT2D eigenvalue weighted by Crippen LogP contribution is 2.40. The molecule has 0 aliphatic heterocycles. The average Bonchev–Trinajstić information content (AvgIpc) is 3.23. The Bertz CT molecular complexity index is 675. The third kappa shape index (κ3) is 3.67. The fourth-order valence-electron chi connectivity index (χ4n) is 3.51. The van der Waals surface area contributed by atoms with Gasteiger partial charge in [-0.2, -0.15) is 0 Å². The van der Waals surface area contributed by atoms with Crippen LogP contribution in [-0.2, 0) is 10.2 Å². The number of nitrogens with zero attached hydrogens (tertiary/aromatic N) is 1. The molecule has 2 aromatic rings. The Kier molecular flexibility index (Phi) is 5.00. The summed E-state index contributed by atoms with van der Waals surface area (Å²) in [5, 5.41) is 10.0. The maximum Gasteiger partial charge on any atom is 0.242 e. The maximum absolute atomic E-state index is 12.3. The third-order valence-corrected chi connectivity index (χ3v) is 4.97. The molecule has 24 heavy (non-hydrogen) atoms. The van der Waals surface area contributed by atoms with E-state index in [1.54, 1.807) is 13.0 Å². The van der Waals surface area contributed by atoms with E-state index in [2.05, 4.69) is 46.1 Å². The zero-order valence-electron chi connectivity index (χ0n) is 14.3. The first kappa shape index (κ1) is 16.7. The number of carbonyl (C=O) groups is 1. The molecule has 1 atom stereocenters. The van der Waals surface area contributed by atoms with Crippen molar-refractivity contribution in [2.24, 2.45) is 0 Å². The lowest BCUT2D eigenvalue weighted by molar-refractivity contribution is -0.117. The van der Waals surface area contributed by atoms with Crippen molar-refractivity contribution in [3.05, 3.63) is 47.7 Å². The summed E-state index contributed by atoms with van der Waals surface area (Å²) in [6, 6.07) is 12.1. The SMILES string of the molecule is Cc1cc(NC(=O)C(C)NCC2(c3ccccc3)CCCC2)no1. The van der Waals surface area contributed by atoms with Crippen LogP contribution in [0, 0.1) is 6.92 Å². The molecule has 0 saturated heterocycles. The standard InChI is InChI=1S/C19H25N3O2/c1-14-12-17(22-24-14)21-18(23)15(2)20-13-19(10-6-7-11-19)16-8-4-3-5-9-16/h3-5,8-9,12,15,20H,6-7,10-11,13H2,1-2H3,(H,21,22,23). The largest absolute Gasteiger partial charge is 0.360 e. The third-order valence-electron chi connectivity index (χ3n) is 4.97. The molecule has 5 nitrogen and oxygen atoms in total. The van der Waals surface area contributed by atoms with Crippen LogP contribution >= 0.6 is 0 Å². The first-order valence-electron chi connectivity index (χ1n) is 8.62. The lowest BCUT2D eigenvalue weighted by Gasteiger charge is -2.31. The van der Waals surface area contributed by atoms with Gasteiger partial charge in [0, 0.05) is 18.0 Å². The van der Waals surface area contributed by atoms with E-state index in [-0.39, 0.29) is 17.4 Å². The normalized spacial score (nSPS) is 17.6. The van der Waals surface area contributed by atoms with Crippen molar-refractivity contribution in [2.75, 3.05) is 11.9 Å². The van der Waals surface area contributed by atoms with Crippen LogP contribution in [0.15, 0.2) is 40.9 Å². The number of hydrogen-bond acceptors (Lipinski definition) is 4. The lowest BCUT2D eigenvalue weighted by Crippen LogP contribution is -2.45. The summed E-state index contributed by atoms with van der Waals surface area (Å²) >= 11 is 0. The van der Waals surface area contributed by atoms with Gasteiger partial charge in [0.05, 0.1) is 6.04 Å². The molecule has 128 valence electrons. The van der Waals surface area contributed by atoms with Gasteiger partial charge in [0.2, 0.25) is 5.91 Å². The number of aryl methyl sites for hydroxylation is 1. The van der Waals surface area contributed by atoms with Crippen molar-refractivity contribution >= 4 is 11.7 Å². The second kappa shape index (κ2) is 7.18. The molecule has 1 aromatic heterocycles. The van der Waals surface area contributed by atoms with Crippen molar-refractivity contribution in [2.45, 2.75) is 51.0 Å². The monoisotopic (exact) mass is 327 g/mol. The summed E-state index contributed by atoms with van der Waals surface area (Å²) in [5.41, 5.74) is 1.51. The molecular weight excluding hydrogens is 302 g/mol. The smallest absolute Gasteiger partial charge is 0.242 e. The van der Waals surface area contributed by atoms with Crippen LogP contribution in [0.3, 0.4) is 0 Å². The predicted octanol–water partition coefficient (Wildman–Crippen LogP) is 3.41. The van der Waals surface area contributed by atoms with Gasteiger partial charge in [-0.15, -0.1) is 0 Å². The van der Waals surface area contributed by atoms with Gasteiger partial charge in [-0.05, 0) is 32.3 Å². The Morgan fingerprint density at radius 3 is 2.62 bits per heavy atom. The molecule has 1 amide bonds. The van der Waals surface area contributed by atoms with Crippen molar-refractivity contribution in [1.82, 2.24) is 10.5 Å². The Labute approximate surface area is 142 Å². The lowest BCUT2D eigenvalue weighted by atomic mass is 9.78. The van der Waals surface area contributed by atoms with E-state index in [1.807, 2.05) is 6.92 Å². The Morgan fingerprint density at radius 1 is 1.29 bits per heavy atom. The van der Waals surface area contributed by atoms with Crippen molar-refractivity contribution in [3.63, 3.8) is 0 Å². The number of rotatable bonds is 6. The summed E-state index contributed by atoms with van der Waals surface area (Å²) in [6.45, 7) is 4.49. The van der Waals surface area contributed by atoms with Crippen LogP contribution in [0.1, 0.15) is 43.9 Å². The number of nitrogens with one attached hydrogen (secondary N) is 2. The molecule has 5 heteroatoms. The van der Waals surface area contributed by atoms with Gasteiger partial charge in [-0.25, -0.2) is 0 Å². The first-order valence-corrected chi connectivity index (χ1v) is 8.62. The summed E-state index contributed by atoms with van der Waals surface area (Å²) in [4.78, 5) is 12.3. The number of carbonyl (C=O) groups excluding carboxylic acids is 1. The van der Waals surface area contributed by atoms with E-state index in [0.717, 1.165) is 6.54 Å². The molecule has 0 radical (unpaired) electrons. The summed E-state index contributed by atoms with van der Waals surface area (Å²) in [5.74, 6) is 1.05. The van der Waals surface area contributed by atoms with E-state index in [1.165, 1.54) is 31.2 Å². The molecule has 0 spiro atoms. The fourth-order valence-corrected chi connectivity index (χ4v) is 3.51. The Hall–Kier alpha value is -2.14. The highest BCUT2D eigenvalue weighted by atomic mass is 16.5. The molecule has 0 bridgehead atoms. The zero-order valence-corrected chi connectivity index (χ0v) is 14.3. The maximum atomic E-state index is 12.3. The zero-order chi connectivity index (χ0) is 17.0. The van der Waals surface area contributed by atoms with Gasteiger partial charge in [-0.3, -0.25) is 4.79 Å². The topological polar surface area (TPSA) is 67.2 Å². The number of aromatic nitrogens is 1. The van der Waals surface area contributed by atoms with Crippen LogP contribution in [0.2, 0.25) is 0 Å². The van der Waals surface area contributed by atoms with E-state index in [9.17, 15) is 4.79 Å². The van der Waals surface area contributed by atoms with E-state index < -0.39 is 0 Å². The molecule has 1 aliphatic rings. The van der Waals surface area contributed by atoms with E-state index in [0.29, 0.717) is 11.6 Å². The Morgan fingerprint density at radius 2 is 2.00 bits per heavy atom. The molecule has 1 saturated carbocycles. The first-order chi connectivity index (χ1) is 11.6. The number of anilines is 1. The molecule has 1 fully saturated rings. The van der Waals surface area contributed by atoms with Gasteiger partial charge in [0.25, 0.3) is 0 Å². The molecule has 1 unspecified atom stereocenters. The van der Waals surface area contributed by atoms with Gasteiger partial charge < -0.3 is 15.2 Å².